The second-order valence-corrected chi connectivity index (χ2v) is 7.38. The molecule has 0 unspecified atom stereocenters. The Hall–Kier alpha value is -2.38. The number of hydrogen-bond acceptors (Lipinski definition) is 6. The van der Waals surface area contributed by atoms with Crippen molar-refractivity contribution in [3.8, 4) is 23.0 Å². The van der Waals surface area contributed by atoms with E-state index < -0.39 is 0 Å². The predicted octanol–water partition coefficient (Wildman–Crippen LogP) is 2.83. The van der Waals surface area contributed by atoms with Crippen LogP contribution in [0.2, 0.25) is 0 Å². The van der Waals surface area contributed by atoms with Gasteiger partial charge in [-0.05, 0) is 42.0 Å². The number of carbonyl (C=O) groups is 1. The summed E-state index contributed by atoms with van der Waals surface area (Å²) < 4.78 is 16.5. The molecule has 2 aromatic carbocycles. The van der Waals surface area contributed by atoms with Gasteiger partial charge in [0.1, 0.15) is 16.7 Å². The molecule has 0 spiro atoms. The molecule has 2 atom stereocenters. The van der Waals surface area contributed by atoms with Crippen LogP contribution in [0.4, 0.5) is 0 Å². The zero-order chi connectivity index (χ0) is 17.9. The molecule has 0 aromatic heterocycles. The lowest BCUT2D eigenvalue weighted by atomic mass is 10.1. The van der Waals surface area contributed by atoms with Gasteiger partial charge in [-0.1, -0.05) is 12.1 Å². The molecule has 0 saturated carbocycles. The van der Waals surface area contributed by atoms with Crippen LogP contribution in [0.3, 0.4) is 0 Å². The molecule has 136 valence electrons. The number of benzene rings is 2. The maximum Gasteiger partial charge on any atom is 0.237 e. The number of fused-ring (bicyclic) bond motifs is 1. The summed E-state index contributed by atoms with van der Waals surface area (Å²) in [6, 6.07) is 13.1. The summed E-state index contributed by atoms with van der Waals surface area (Å²) in [5.74, 6) is 3.70. The SMILES string of the molecule is NC[C@@H]1CCS[C@H](c2ccc(Oc3ccc4c(c3)OCO4)cc2)C(=O)N1. The number of thioether (sulfide) groups is 1. The van der Waals surface area contributed by atoms with Crippen molar-refractivity contribution in [3.05, 3.63) is 48.0 Å². The second kappa shape index (κ2) is 7.47. The van der Waals surface area contributed by atoms with E-state index in [1.54, 1.807) is 17.8 Å². The highest BCUT2D eigenvalue weighted by atomic mass is 32.2. The molecule has 2 aliphatic heterocycles. The molecular weight excluding hydrogens is 352 g/mol. The molecule has 0 radical (unpaired) electrons. The summed E-state index contributed by atoms with van der Waals surface area (Å²) in [6.45, 7) is 0.709. The molecule has 3 N–H and O–H groups in total. The van der Waals surface area contributed by atoms with E-state index in [2.05, 4.69) is 5.32 Å². The number of rotatable bonds is 4. The van der Waals surface area contributed by atoms with Crippen molar-refractivity contribution in [2.75, 3.05) is 19.1 Å². The van der Waals surface area contributed by atoms with Crippen LogP contribution in [0, 0.1) is 0 Å². The number of nitrogens with one attached hydrogen (secondary N) is 1. The van der Waals surface area contributed by atoms with Crippen molar-refractivity contribution in [2.24, 2.45) is 5.73 Å². The molecule has 1 saturated heterocycles. The highest BCUT2D eigenvalue weighted by Gasteiger charge is 2.26. The lowest BCUT2D eigenvalue weighted by molar-refractivity contribution is -0.121. The Morgan fingerprint density at radius 2 is 1.88 bits per heavy atom. The first kappa shape index (κ1) is 17.1. The van der Waals surface area contributed by atoms with Gasteiger partial charge in [0.25, 0.3) is 0 Å². The minimum absolute atomic E-state index is 0.0207. The first-order chi connectivity index (χ1) is 12.7. The topological polar surface area (TPSA) is 82.8 Å². The van der Waals surface area contributed by atoms with Gasteiger partial charge in [-0.2, -0.15) is 0 Å². The van der Waals surface area contributed by atoms with E-state index in [0.29, 0.717) is 23.8 Å². The van der Waals surface area contributed by atoms with Crippen LogP contribution in [-0.2, 0) is 4.79 Å². The van der Waals surface area contributed by atoms with Gasteiger partial charge in [0, 0.05) is 18.7 Å². The largest absolute Gasteiger partial charge is 0.457 e. The van der Waals surface area contributed by atoms with Crippen LogP contribution in [-0.4, -0.2) is 31.0 Å². The summed E-state index contributed by atoms with van der Waals surface area (Å²) in [5, 5.41) is 2.80. The average molecular weight is 372 g/mol. The molecule has 2 aliphatic rings. The van der Waals surface area contributed by atoms with Crippen molar-refractivity contribution in [2.45, 2.75) is 17.7 Å². The first-order valence-electron chi connectivity index (χ1n) is 8.52. The summed E-state index contributed by atoms with van der Waals surface area (Å²) in [5.41, 5.74) is 6.65. The van der Waals surface area contributed by atoms with E-state index in [-0.39, 0.29) is 24.0 Å². The first-order valence-corrected chi connectivity index (χ1v) is 9.57. The minimum atomic E-state index is -0.217. The van der Waals surface area contributed by atoms with Gasteiger partial charge < -0.3 is 25.3 Å². The molecule has 1 amide bonds. The van der Waals surface area contributed by atoms with E-state index >= 15 is 0 Å². The number of ether oxygens (including phenoxy) is 3. The Morgan fingerprint density at radius 3 is 2.69 bits per heavy atom. The maximum absolute atomic E-state index is 12.4. The predicted molar refractivity (Wildman–Crippen MR) is 99.9 cm³/mol. The number of amides is 1. The van der Waals surface area contributed by atoms with Crippen LogP contribution in [0.1, 0.15) is 17.2 Å². The normalized spacial score (nSPS) is 21.8. The van der Waals surface area contributed by atoms with E-state index in [4.69, 9.17) is 19.9 Å². The lowest BCUT2D eigenvalue weighted by Gasteiger charge is -2.16. The number of nitrogens with two attached hydrogens (primary N) is 1. The maximum atomic E-state index is 12.4. The van der Waals surface area contributed by atoms with Crippen molar-refractivity contribution in [1.82, 2.24) is 5.32 Å². The molecule has 6 nitrogen and oxygen atoms in total. The summed E-state index contributed by atoms with van der Waals surface area (Å²) in [7, 11) is 0. The Morgan fingerprint density at radius 1 is 1.12 bits per heavy atom. The Bertz CT molecular complexity index is 797. The van der Waals surface area contributed by atoms with E-state index in [1.807, 2.05) is 36.4 Å². The molecule has 4 rings (SSSR count). The number of carbonyl (C=O) groups excluding carboxylic acids is 1. The molecule has 7 heteroatoms. The zero-order valence-electron chi connectivity index (χ0n) is 14.1. The fraction of sp³-hybridized carbons (Fsp3) is 0.316. The summed E-state index contributed by atoms with van der Waals surface area (Å²) in [4.78, 5) is 12.4. The third-order valence-electron chi connectivity index (χ3n) is 4.38. The quantitative estimate of drug-likeness (QED) is 0.859. The Kier molecular flexibility index (Phi) is 4.90. The minimum Gasteiger partial charge on any atom is -0.457 e. The summed E-state index contributed by atoms with van der Waals surface area (Å²) >= 11 is 1.65. The van der Waals surface area contributed by atoms with E-state index in [9.17, 15) is 4.79 Å². The lowest BCUT2D eigenvalue weighted by Crippen LogP contribution is -2.40. The van der Waals surface area contributed by atoms with Crippen molar-refractivity contribution < 1.29 is 19.0 Å². The molecule has 0 aliphatic carbocycles. The fourth-order valence-corrected chi connectivity index (χ4v) is 4.19. The highest BCUT2D eigenvalue weighted by molar-refractivity contribution is 8.00. The van der Waals surface area contributed by atoms with Gasteiger partial charge in [0.2, 0.25) is 12.7 Å². The van der Waals surface area contributed by atoms with Crippen LogP contribution >= 0.6 is 11.8 Å². The van der Waals surface area contributed by atoms with Crippen LogP contribution < -0.4 is 25.3 Å². The molecule has 26 heavy (non-hydrogen) atoms. The van der Waals surface area contributed by atoms with Crippen molar-refractivity contribution in [3.63, 3.8) is 0 Å². The Labute approximate surface area is 156 Å². The fourth-order valence-electron chi connectivity index (χ4n) is 2.96. The third kappa shape index (κ3) is 3.59. The molecule has 2 heterocycles. The van der Waals surface area contributed by atoms with Crippen molar-refractivity contribution in [1.29, 1.82) is 0 Å². The average Bonchev–Trinajstić information content (AvgIpc) is 3.04. The monoisotopic (exact) mass is 372 g/mol. The van der Waals surface area contributed by atoms with Gasteiger partial charge in [-0.25, -0.2) is 0 Å². The van der Waals surface area contributed by atoms with Gasteiger partial charge in [-0.15, -0.1) is 11.8 Å². The van der Waals surface area contributed by atoms with Crippen LogP contribution in [0.15, 0.2) is 42.5 Å². The third-order valence-corrected chi connectivity index (χ3v) is 5.67. The smallest absolute Gasteiger partial charge is 0.237 e. The zero-order valence-corrected chi connectivity index (χ0v) is 15.0. The highest BCUT2D eigenvalue weighted by Crippen LogP contribution is 2.37. The Balaban J connectivity index is 1.45. The van der Waals surface area contributed by atoms with E-state index in [0.717, 1.165) is 23.5 Å². The molecular formula is C19H20N2O4S. The standard InChI is InChI=1S/C19H20N2O4S/c20-10-13-7-8-26-18(19(22)21-13)12-1-3-14(4-2-12)25-15-5-6-16-17(9-15)24-11-23-16/h1-6,9,13,18H,7-8,10-11,20H2,(H,21,22)/t13-,18+/m0/s1. The van der Waals surface area contributed by atoms with Gasteiger partial charge >= 0.3 is 0 Å². The molecule has 0 bridgehead atoms. The van der Waals surface area contributed by atoms with Crippen LogP contribution in [0.25, 0.3) is 0 Å². The molecule has 1 fully saturated rings. The number of hydrogen-bond donors (Lipinski definition) is 2. The second-order valence-electron chi connectivity index (χ2n) is 6.17. The van der Waals surface area contributed by atoms with E-state index in [1.165, 1.54) is 0 Å². The van der Waals surface area contributed by atoms with Gasteiger partial charge in [-0.3, -0.25) is 4.79 Å². The molecule has 2 aromatic rings. The van der Waals surface area contributed by atoms with Crippen LogP contribution in [0.5, 0.6) is 23.0 Å². The van der Waals surface area contributed by atoms with Crippen molar-refractivity contribution >= 4 is 17.7 Å². The summed E-state index contributed by atoms with van der Waals surface area (Å²) in [6.07, 6.45) is 0.898. The van der Waals surface area contributed by atoms with Gasteiger partial charge in [0.05, 0.1) is 0 Å². The van der Waals surface area contributed by atoms with Gasteiger partial charge in [0.15, 0.2) is 11.5 Å².